The molecule has 3 aromatic carbocycles. The summed E-state index contributed by atoms with van der Waals surface area (Å²) in [5.74, 6) is -2.00. The minimum Gasteiger partial charge on any atom is -0.481 e. The highest BCUT2D eigenvalue weighted by molar-refractivity contribution is 7.91. The number of imidazole rings is 1. The lowest BCUT2D eigenvalue weighted by Gasteiger charge is -2.32. The van der Waals surface area contributed by atoms with Crippen LogP contribution in [0.2, 0.25) is 0 Å². The number of aliphatic carboxylic acids is 1. The summed E-state index contributed by atoms with van der Waals surface area (Å²) in [4.78, 5) is 22.2. The molecule has 0 spiro atoms. The molecule has 5 aromatic rings. The summed E-state index contributed by atoms with van der Waals surface area (Å²) in [6.45, 7) is 5.94. The largest absolute Gasteiger partial charge is 0.481 e. The summed E-state index contributed by atoms with van der Waals surface area (Å²) in [6, 6.07) is 14.9. The van der Waals surface area contributed by atoms with Gasteiger partial charge in [-0.3, -0.25) is 4.79 Å². The molecule has 1 unspecified atom stereocenters. The lowest BCUT2D eigenvalue weighted by molar-refractivity contribution is -0.136. The van der Waals surface area contributed by atoms with Gasteiger partial charge in [0.05, 0.1) is 17.1 Å². The fraction of sp³-hybridized carbons (Fsp3) is 0.351. The standard InChI is InChI=1S/C37H39F2N3O5S/c1-36(2)14-5-15-37(3,24-7-4-6-23(18-24)8-11-33(43)44)32-21-41-35(42-32)28-19-25(9-10-29(28)38)47-34-27(13-17-48(45,46)22-36)26-12-16-40-31(26)20-30(34)39/h4,6-7,9-10,12,16,18-21,40H,5,8,11,13-15,17,22H2,1-3H3,(H,41,42)(H,43,44). The molecule has 0 radical (unpaired) electrons. The molecule has 11 heteroatoms. The van der Waals surface area contributed by atoms with Crippen molar-refractivity contribution in [1.82, 2.24) is 15.0 Å². The highest BCUT2D eigenvalue weighted by Crippen LogP contribution is 2.41. The van der Waals surface area contributed by atoms with Crippen LogP contribution >= 0.6 is 0 Å². The first-order chi connectivity index (χ1) is 22.7. The number of hydrogen-bond donors (Lipinski definition) is 3. The Labute approximate surface area is 278 Å². The number of aryl methyl sites for hydroxylation is 2. The Kier molecular flexibility index (Phi) is 8.93. The molecule has 0 aliphatic carbocycles. The van der Waals surface area contributed by atoms with E-state index in [0.717, 1.165) is 16.8 Å². The van der Waals surface area contributed by atoms with Gasteiger partial charge in [-0.2, -0.15) is 0 Å². The van der Waals surface area contributed by atoms with Gasteiger partial charge < -0.3 is 19.8 Å². The van der Waals surface area contributed by atoms with E-state index in [2.05, 4.69) is 21.9 Å². The molecule has 1 aliphatic heterocycles. The molecule has 1 atom stereocenters. The van der Waals surface area contributed by atoms with Crippen molar-refractivity contribution in [2.24, 2.45) is 5.41 Å². The van der Waals surface area contributed by atoms with E-state index in [9.17, 15) is 18.3 Å². The van der Waals surface area contributed by atoms with E-state index in [1.807, 2.05) is 38.1 Å². The maximum Gasteiger partial charge on any atom is 0.303 e. The Morgan fingerprint density at radius 1 is 1.04 bits per heavy atom. The van der Waals surface area contributed by atoms with Crippen molar-refractivity contribution in [2.75, 3.05) is 11.5 Å². The highest BCUT2D eigenvalue weighted by Gasteiger charge is 2.34. The molecule has 8 nitrogen and oxygen atoms in total. The van der Waals surface area contributed by atoms with Crippen molar-refractivity contribution < 1.29 is 31.8 Å². The van der Waals surface area contributed by atoms with E-state index in [1.165, 1.54) is 24.3 Å². The number of benzene rings is 3. The van der Waals surface area contributed by atoms with Crippen LogP contribution in [0, 0.1) is 17.0 Å². The van der Waals surface area contributed by atoms with Crippen LogP contribution in [0.25, 0.3) is 22.3 Å². The van der Waals surface area contributed by atoms with Gasteiger partial charge >= 0.3 is 5.97 Å². The van der Waals surface area contributed by atoms with E-state index in [-0.39, 0.29) is 47.2 Å². The number of H-pyrrole nitrogens is 2. The average molecular weight is 676 g/mol. The van der Waals surface area contributed by atoms with E-state index in [0.29, 0.717) is 42.1 Å². The molecule has 2 aromatic heterocycles. The number of sulfone groups is 1. The number of aromatic amines is 2. The molecule has 0 saturated carbocycles. The van der Waals surface area contributed by atoms with Crippen LogP contribution in [0.4, 0.5) is 8.78 Å². The summed E-state index contributed by atoms with van der Waals surface area (Å²) in [6.07, 6.45) is 5.63. The second-order valence-corrected chi connectivity index (χ2v) is 16.0. The molecule has 1 aliphatic rings. The third-order valence-electron chi connectivity index (χ3n) is 9.45. The topological polar surface area (TPSA) is 125 Å². The number of halogens is 2. The van der Waals surface area contributed by atoms with Crippen LogP contribution in [0.15, 0.2) is 67.0 Å². The molecule has 3 heterocycles. The number of carboxylic acid groups (broad SMARTS) is 1. The van der Waals surface area contributed by atoms with Gasteiger partial charge in [-0.1, -0.05) is 44.5 Å². The van der Waals surface area contributed by atoms with E-state index < -0.39 is 38.3 Å². The third kappa shape index (κ3) is 7.01. The number of hydrogen-bond acceptors (Lipinski definition) is 5. The lowest BCUT2D eigenvalue weighted by Crippen LogP contribution is -2.29. The maximum absolute atomic E-state index is 15.6. The van der Waals surface area contributed by atoms with Gasteiger partial charge in [-0.25, -0.2) is 22.2 Å². The molecule has 4 bridgehead atoms. The molecule has 0 saturated heterocycles. The maximum atomic E-state index is 15.6. The van der Waals surface area contributed by atoms with E-state index in [4.69, 9.17) is 4.74 Å². The number of carbonyl (C=O) groups is 1. The zero-order chi connectivity index (χ0) is 34.3. The normalized spacial score (nSPS) is 19.5. The van der Waals surface area contributed by atoms with Crippen LogP contribution < -0.4 is 4.74 Å². The number of fused-ring (bicyclic) bond motifs is 8. The fourth-order valence-corrected chi connectivity index (χ4v) is 8.86. The van der Waals surface area contributed by atoms with Crippen molar-refractivity contribution in [3.8, 4) is 22.9 Å². The summed E-state index contributed by atoms with van der Waals surface area (Å²) in [5, 5.41) is 9.89. The number of nitrogens with zero attached hydrogens (tertiary/aromatic N) is 1. The fourth-order valence-electron chi connectivity index (χ4n) is 6.86. The van der Waals surface area contributed by atoms with Gasteiger partial charge in [-0.05, 0) is 73.4 Å². The molecule has 6 rings (SSSR count). The minimum absolute atomic E-state index is 0.000830. The second kappa shape index (κ2) is 12.8. The van der Waals surface area contributed by atoms with Crippen molar-refractivity contribution in [2.45, 2.75) is 64.7 Å². The van der Waals surface area contributed by atoms with Crippen molar-refractivity contribution >= 4 is 26.7 Å². The number of rotatable bonds is 4. The van der Waals surface area contributed by atoms with Gasteiger partial charge in [0.25, 0.3) is 0 Å². The summed E-state index contributed by atoms with van der Waals surface area (Å²) in [5.41, 5.74) is 2.39. The first-order valence-electron chi connectivity index (χ1n) is 16.1. The predicted molar refractivity (Wildman–Crippen MR) is 181 cm³/mol. The minimum atomic E-state index is -3.57. The van der Waals surface area contributed by atoms with E-state index in [1.54, 1.807) is 18.5 Å². The molecule has 48 heavy (non-hydrogen) atoms. The number of ether oxygens (including phenoxy) is 1. The Morgan fingerprint density at radius 3 is 2.65 bits per heavy atom. The van der Waals surface area contributed by atoms with Gasteiger partial charge in [0.2, 0.25) is 0 Å². The Hall–Kier alpha value is -4.51. The molecule has 3 N–H and O–H groups in total. The first kappa shape index (κ1) is 33.4. The number of carboxylic acids is 1. The number of aromatic nitrogens is 3. The quantitative estimate of drug-likeness (QED) is 0.177. The Morgan fingerprint density at radius 2 is 1.85 bits per heavy atom. The smallest absolute Gasteiger partial charge is 0.303 e. The summed E-state index contributed by atoms with van der Waals surface area (Å²) >= 11 is 0. The second-order valence-electron chi connectivity index (χ2n) is 13.8. The molecular weight excluding hydrogens is 636 g/mol. The van der Waals surface area contributed by atoms with Crippen LogP contribution in [-0.4, -0.2) is 46.0 Å². The summed E-state index contributed by atoms with van der Waals surface area (Å²) in [7, 11) is -3.57. The Balaban J connectivity index is 1.47. The monoisotopic (exact) mass is 675 g/mol. The number of nitrogens with one attached hydrogen (secondary N) is 2. The van der Waals surface area contributed by atoms with Crippen molar-refractivity contribution in [3.63, 3.8) is 0 Å². The van der Waals surface area contributed by atoms with Crippen molar-refractivity contribution in [1.29, 1.82) is 0 Å². The predicted octanol–water partition coefficient (Wildman–Crippen LogP) is 8.12. The molecule has 252 valence electrons. The average Bonchev–Trinajstić information content (AvgIpc) is 3.70. The SMILES string of the molecule is CC1(C)CCCC(C)(c2cccc(CCC(=O)O)c2)c2cnc([nH]2)-c2cc(ccc2F)Oc2c(F)cc3[nH]ccc3c2CCS(=O)(=O)C1. The summed E-state index contributed by atoms with van der Waals surface area (Å²) < 4.78 is 64.2. The first-order valence-corrected chi connectivity index (χ1v) is 17.9. The van der Waals surface area contributed by atoms with Gasteiger partial charge in [0, 0.05) is 52.5 Å². The van der Waals surface area contributed by atoms with Crippen LogP contribution in [0.1, 0.15) is 68.8 Å². The Bertz CT molecular complexity index is 2100. The van der Waals surface area contributed by atoms with Crippen LogP contribution in [0.3, 0.4) is 0 Å². The third-order valence-corrected chi connectivity index (χ3v) is 11.5. The van der Waals surface area contributed by atoms with Crippen LogP contribution in [-0.2, 0) is 32.9 Å². The molecular formula is C37H39F2N3O5S. The zero-order valence-corrected chi connectivity index (χ0v) is 28.0. The lowest BCUT2D eigenvalue weighted by atomic mass is 9.74. The molecule has 0 amide bonds. The molecule has 0 fully saturated rings. The van der Waals surface area contributed by atoms with Gasteiger partial charge in [0.1, 0.15) is 17.4 Å². The van der Waals surface area contributed by atoms with Gasteiger partial charge in [-0.15, -0.1) is 0 Å². The zero-order valence-electron chi connectivity index (χ0n) is 27.2. The van der Waals surface area contributed by atoms with Crippen molar-refractivity contribution in [3.05, 3.63) is 101 Å². The van der Waals surface area contributed by atoms with Gasteiger partial charge in [0.15, 0.2) is 21.4 Å². The van der Waals surface area contributed by atoms with E-state index >= 15 is 8.78 Å². The highest BCUT2D eigenvalue weighted by atomic mass is 32.2. The van der Waals surface area contributed by atoms with Crippen LogP contribution in [0.5, 0.6) is 11.5 Å².